The maximum absolute atomic E-state index is 8.51. The molecule has 1 aliphatic heterocycles. The van der Waals surface area contributed by atoms with E-state index in [0.717, 1.165) is 31.8 Å². The zero-order valence-corrected chi connectivity index (χ0v) is 6.30. The van der Waals surface area contributed by atoms with Crippen LogP contribution in [0.2, 0.25) is 0 Å². The maximum Gasteiger partial charge on any atom is 0.0361 e. The van der Waals surface area contributed by atoms with E-state index in [1.165, 1.54) is 0 Å². The Labute approximate surface area is 61.3 Å². The number of likely N-dealkylation sites (N-methyl/N-ethyl adjacent to an activating group) is 1. The van der Waals surface area contributed by atoms with Crippen LogP contribution in [0.4, 0.5) is 0 Å². The highest BCUT2D eigenvalue weighted by Crippen LogP contribution is 2.05. The molecule has 0 aromatic rings. The smallest absolute Gasteiger partial charge is 0.0361 e. The summed E-state index contributed by atoms with van der Waals surface area (Å²) in [4.78, 5) is 2.32. The van der Waals surface area contributed by atoms with Crippen molar-refractivity contribution in [2.24, 2.45) is 0 Å². The average molecular weight is 142 g/mol. The summed E-state index contributed by atoms with van der Waals surface area (Å²) in [7, 11) is 0. The molecule has 0 amide bonds. The molecule has 0 aromatic heterocycles. The van der Waals surface area contributed by atoms with E-state index in [9.17, 15) is 0 Å². The van der Waals surface area contributed by atoms with Crippen LogP contribution in [0.3, 0.4) is 0 Å². The number of hydrogen-bond donors (Lipinski definition) is 2. The van der Waals surface area contributed by atoms with E-state index in [1.807, 2.05) is 6.08 Å². The fourth-order valence-corrected chi connectivity index (χ4v) is 1.10. The van der Waals surface area contributed by atoms with Crippen LogP contribution in [0, 0.1) is 0 Å². The lowest BCUT2D eigenvalue weighted by molar-refractivity contribution is 0.184. The van der Waals surface area contributed by atoms with Gasteiger partial charge in [0, 0.05) is 25.2 Å². The van der Waals surface area contributed by atoms with Crippen LogP contribution in [0.25, 0.3) is 0 Å². The highest BCUT2D eigenvalue weighted by atomic mass is 16.5. The minimum atomic E-state index is 0.935. The van der Waals surface area contributed by atoms with E-state index >= 15 is 0 Å². The molecule has 3 nitrogen and oxygen atoms in total. The molecule has 2 N–H and O–H groups in total. The number of nitrogens with zero attached hydrogens (tertiary/aromatic N) is 1. The molecule has 10 heavy (non-hydrogen) atoms. The van der Waals surface area contributed by atoms with Gasteiger partial charge in [0.1, 0.15) is 0 Å². The van der Waals surface area contributed by atoms with Crippen LogP contribution >= 0.6 is 0 Å². The third kappa shape index (κ3) is 1.72. The first-order chi connectivity index (χ1) is 4.86. The van der Waals surface area contributed by atoms with E-state index in [4.69, 9.17) is 5.21 Å². The summed E-state index contributed by atoms with van der Waals surface area (Å²) in [5, 5.41) is 8.51. The molecule has 0 bridgehead atoms. The summed E-state index contributed by atoms with van der Waals surface area (Å²) in [6.45, 7) is 5.25. The number of nitrogens with one attached hydrogen (secondary N) is 1. The van der Waals surface area contributed by atoms with Crippen molar-refractivity contribution in [3.63, 3.8) is 0 Å². The molecule has 0 atom stereocenters. The van der Waals surface area contributed by atoms with Crippen molar-refractivity contribution in [2.75, 3.05) is 19.6 Å². The van der Waals surface area contributed by atoms with E-state index in [2.05, 4.69) is 17.3 Å². The second-order valence-corrected chi connectivity index (χ2v) is 2.48. The van der Waals surface area contributed by atoms with E-state index in [0.29, 0.717) is 0 Å². The van der Waals surface area contributed by atoms with E-state index in [-0.39, 0.29) is 0 Å². The molecule has 58 valence electrons. The monoisotopic (exact) mass is 142 g/mol. The number of rotatable bonds is 2. The zero-order valence-electron chi connectivity index (χ0n) is 6.30. The van der Waals surface area contributed by atoms with Crippen molar-refractivity contribution in [1.82, 2.24) is 10.4 Å². The van der Waals surface area contributed by atoms with E-state index < -0.39 is 0 Å². The quantitative estimate of drug-likeness (QED) is 0.553. The fraction of sp³-hybridized carbons (Fsp3) is 0.714. The lowest BCUT2D eigenvalue weighted by atomic mass is 10.2. The fourth-order valence-electron chi connectivity index (χ4n) is 1.10. The predicted molar refractivity (Wildman–Crippen MR) is 39.7 cm³/mol. The van der Waals surface area contributed by atoms with Gasteiger partial charge >= 0.3 is 0 Å². The normalized spacial score (nSPS) is 20.4. The lowest BCUT2D eigenvalue weighted by Gasteiger charge is -2.23. The highest BCUT2D eigenvalue weighted by Gasteiger charge is 2.07. The molecule has 0 unspecified atom stereocenters. The van der Waals surface area contributed by atoms with Gasteiger partial charge in [-0.1, -0.05) is 6.92 Å². The number of hydrogen-bond acceptors (Lipinski definition) is 3. The SMILES string of the molecule is CCN1CC=C(NO)CC1. The van der Waals surface area contributed by atoms with Crippen LogP contribution in [0.1, 0.15) is 13.3 Å². The maximum atomic E-state index is 8.51. The van der Waals surface area contributed by atoms with Gasteiger partial charge in [-0.3, -0.25) is 15.6 Å². The molecule has 0 fully saturated rings. The minimum absolute atomic E-state index is 0.935. The molecule has 0 aromatic carbocycles. The largest absolute Gasteiger partial charge is 0.299 e. The van der Waals surface area contributed by atoms with Crippen molar-refractivity contribution in [2.45, 2.75) is 13.3 Å². The van der Waals surface area contributed by atoms with Crippen molar-refractivity contribution in [3.8, 4) is 0 Å². The Bertz CT molecular complexity index is 134. The summed E-state index contributed by atoms with van der Waals surface area (Å²) < 4.78 is 0. The van der Waals surface area contributed by atoms with Crippen molar-refractivity contribution < 1.29 is 5.21 Å². The first-order valence-electron chi connectivity index (χ1n) is 3.68. The molecule has 0 radical (unpaired) electrons. The van der Waals surface area contributed by atoms with Crippen LogP contribution in [-0.2, 0) is 0 Å². The van der Waals surface area contributed by atoms with Gasteiger partial charge in [0.25, 0.3) is 0 Å². The van der Waals surface area contributed by atoms with E-state index in [1.54, 1.807) is 0 Å². The van der Waals surface area contributed by atoms with Gasteiger partial charge in [0.05, 0.1) is 0 Å². The Balaban J connectivity index is 2.36. The Kier molecular flexibility index (Phi) is 2.71. The average Bonchev–Trinajstić information content (AvgIpc) is 2.05. The Hall–Kier alpha value is -0.540. The third-order valence-electron chi connectivity index (χ3n) is 1.88. The van der Waals surface area contributed by atoms with Gasteiger partial charge in [-0.15, -0.1) is 0 Å². The van der Waals surface area contributed by atoms with Crippen LogP contribution in [0.15, 0.2) is 11.8 Å². The second kappa shape index (κ2) is 3.58. The molecular weight excluding hydrogens is 128 g/mol. The van der Waals surface area contributed by atoms with Crippen LogP contribution in [-0.4, -0.2) is 29.7 Å². The summed E-state index contributed by atoms with van der Waals surface area (Å²) in [6, 6.07) is 0. The highest BCUT2D eigenvalue weighted by molar-refractivity contribution is 5.02. The molecule has 0 aliphatic carbocycles. The molecule has 0 saturated carbocycles. The van der Waals surface area contributed by atoms with Crippen molar-refractivity contribution in [3.05, 3.63) is 11.8 Å². The first-order valence-corrected chi connectivity index (χ1v) is 3.68. The summed E-state index contributed by atoms with van der Waals surface area (Å²) in [5.41, 5.74) is 3.13. The van der Waals surface area contributed by atoms with Crippen LogP contribution in [0.5, 0.6) is 0 Å². The molecule has 1 aliphatic rings. The lowest BCUT2D eigenvalue weighted by Crippen LogP contribution is -2.30. The zero-order chi connectivity index (χ0) is 7.40. The molecule has 0 saturated heterocycles. The Morgan fingerprint density at radius 3 is 3.00 bits per heavy atom. The van der Waals surface area contributed by atoms with Gasteiger partial charge < -0.3 is 0 Å². The van der Waals surface area contributed by atoms with Gasteiger partial charge in [0.2, 0.25) is 0 Å². The summed E-state index contributed by atoms with van der Waals surface area (Å²) >= 11 is 0. The second-order valence-electron chi connectivity index (χ2n) is 2.48. The van der Waals surface area contributed by atoms with Crippen molar-refractivity contribution >= 4 is 0 Å². The molecule has 1 heterocycles. The summed E-state index contributed by atoms with van der Waals surface area (Å²) in [6.07, 6.45) is 2.96. The standard InChI is InChI=1S/C7H14N2O/c1-2-9-5-3-7(8-10)4-6-9/h3,8,10H,2,4-6H2,1H3. The van der Waals surface area contributed by atoms with Gasteiger partial charge in [-0.25, -0.2) is 0 Å². The molecule has 3 heteroatoms. The Morgan fingerprint density at radius 2 is 2.60 bits per heavy atom. The third-order valence-corrected chi connectivity index (χ3v) is 1.88. The number of hydroxylamine groups is 1. The summed E-state index contributed by atoms with van der Waals surface area (Å²) in [5.74, 6) is 0. The van der Waals surface area contributed by atoms with Gasteiger partial charge in [-0.2, -0.15) is 0 Å². The first kappa shape index (κ1) is 7.57. The Morgan fingerprint density at radius 1 is 1.80 bits per heavy atom. The molecular formula is C7H14N2O. The molecule has 0 spiro atoms. The van der Waals surface area contributed by atoms with Crippen LogP contribution < -0.4 is 5.48 Å². The van der Waals surface area contributed by atoms with Gasteiger partial charge in [-0.05, 0) is 12.6 Å². The predicted octanol–water partition coefficient (Wildman–Crippen LogP) is 0.575. The van der Waals surface area contributed by atoms with Gasteiger partial charge in [0.15, 0.2) is 0 Å². The minimum Gasteiger partial charge on any atom is -0.299 e. The van der Waals surface area contributed by atoms with Crippen molar-refractivity contribution in [1.29, 1.82) is 0 Å². The topological polar surface area (TPSA) is 35.5 Å². The molecule has 1 rings (SSSR count).